The van der Waals surface area contributed by atoms with Gasteiger partial charge in [0.05, 0.1) is 24.7 Å². The van der Waals surface area contributed by atoms with E-state index in [2.05, 4.69) is 10.2 Å². The number of morpholine rings is 1. The summed E-state index contributed by atoms with van der Waals surface area (Å²) in [4.78, 5) is 38.9. The Morgan fingerprint density at radius 3 is 2.47 bits per heavy atom. The van der Waals surface area contributed by atoms with Crippen molar-refractivity contribution in [2.45, 2.75) is 6.92 Å². The summed E-state index contributed by atoms with van der Waals surface area (Å²) in [5.41, 5.74) is 2.20. The van der Waals surface area contributed by atoms with Crippen LogP contribution in [0.5, 0.6) is 0 Å². The van der Waals surface area contributed by atoms with Crippen molar-refractivity contribution in [1.29, 1.82) is 0 Å². The number of carbonyl (C=O) groups is 2. The van der Waals surface area contributed by atoms with Gasteiger partial charge in [0.1, 0.15) is 0 Å². The highest BCUT2D eigenvalue weighted by Gasteiger charge is 2.19. The monoisotopic (exact) mass is 412 g/mol. The summed E-state index contributed by atoms with van der Waals surface area (Å²) in [6.45, 7) is 4.48. The summed E-state index contributed by atoms with van der Waals surface area (Å²) in [5, 5.41) is 13.8. The molecular formula is C21H24N4O5. The normalized spacial score (nSPS) is 13.6. The number of anilines is 2. The third-order valence-electron chi connectivity index (χ3n) is 4.91. The topological polar surface area (TPSA) is 105 Å². The van der Waals surface area contributed by atoms with Crippen LogP contribution in [-0.4, -0.2) is 61.5 Å². The molecule has 1 heterocycles. The van der Waals surface area contributed by atoms with Crippen LogP contribution in [0.2, 0.25) is 0 Å². The predicted octanol–water partition coefficient (Wildman–Crippen LogP) is 2.45. The van der Waals surface area contributed by atoms with Gasteiger partial charge in [-0.25, -0.2) is 0 Å². The molecule has 9 heteroatoms. The lowest BCUT2D eigenvalue weighted by Gasteiger charge is -2.28. The third-order valence-corrected chi connectivity index (χ3v) is 4.91. The average molecular weight is 412 g/mol. The van der Waals surface area contributed by atoms with E-state index in [1.165, 1.54) is 30.1 Å². The van der Waals surface area contributed by atoms with Crippen LogP contribution in [0.3, 0.4) is 0 Å². The lowest BCUT2D eigenvalue weighted by molar-refractivity contribution is -0.385. The number of rotatable bonds is 6. The first-order chi connectivity index (χ1) is 14.3. The Morgan fingerprint density at radius 2 is 1.83 bits per heavy atom. The molecule has 0 radical (unpaired) electrons. The number of nitrogens with one attached hydrogen (secondary N) is 1. The van der Waals surface area contributed by atoms with Crippen LogP contribution in [0.25, 0.3) is 0 Å². The van der Waals surface area contributed by atoms with E-state index in [0.29, 0.717) is 24.5 Å². The van der Waals surface area contributed by atoms with Crippen molar-refractivity contribution < 1.29 is 19.2 Å². The van der Waals surface area contributed by atoms with Crippen LogP contribution >= 0.6 is 0 Å². The van der Waals surface area contributed by atoms with E-state index in [1.807, 2.05) is 24.3 Å². The zero-order valence-electron chi connectivity index (χ0n) is 17.0. The van der Waals surface area contributed by atoms with Gasteiger partial charge in [0, 0.05) is 48.7 Å². The summed E-state index contributed by atoms with van der Waals surface area (Å²) in [7, 11) is 1.48. The molecule has 1 fully saturated rings. The SMILES string of the molecule is Cc1ccc(C(=O)N(C)CC(=O)Nc2ccc(N3CCOCC3)cc2)cc1[N+](=O)[O-]. The van der Waals surface area contributed by atoms with Crippen molar-refractivity contribution in [3.05, 3.63) is 63.7 Å². The van der Waals surface area contributed by atoms with E-state index in [0.717, 1.165) is 18.8 Å². The first kappa shape index (κ1) is 21.3. The Morgan fingerprint density at radius 1 is 1.17 bits per heavy atom. The Bertz CT molecular complexity index is 939. The molecule has 158 valence electrons. The number of nitrogens with zero attached hydrogens (tertiary/aromatic N) is 3. The van der Waals surface area contributed by atoms with Crippen LogP contribution in [0.1, 0.15) is 15.9 Å². The van der Waals surface area contributed by atoms with Crippen LogP contribution < -0.4 is 10.2 Å². The van der Waals surface area contributed by atoms with Crippen LogP contribution in [0, 0.1) is 17.0 Å². The second kappa shape index (κ2) is 9.36. The number of likely N-dealkylation sites (N-methyl/N-ethyl adjacent to an activating group) is 1. The molecule has 9 nitrogen and oxygen atoms in total. The maximum Gasteiger partial charge on any atom is 0.273 e. The quantitative estimate of drug-likeness (QED) is 0.577. The first-order valence-corrected chi connectivity index (χ1v) is 9.58. The highest BCUT2D eigenvalue weighted by molar-refractivity contribution is 5.99. The van der Waals surface area contributed by atoms with Gasteiger partial charge in [0.15, 0.2) is 0 Å². The highest BCUT2D eigenvalue weighted by atomic mass is 16.6. The molecule has 1 N–H and O–H groups in total. The van der Waals surface area contributed by atoms with Crippen molar-refractivity contribution in [2.24, 2.45) is 0 Å². The van der Waals surface area contributed by atoms with Crippen molar-refractivity contribution in [1.82, 2.24) is 4.90 Å². The third kappa shape index (κ3) is 5.12. The van der Waals surface area contributed by atoms with Gasteiger partial charge in [-0.15, -0.1) is 0 Å². The molecule has 1 saturated heterocycles. The van der Waals surface area contributed by atoms with Gasteiger partial charge in [-0.3, -0.25) is 19.7 Å². The molecule has 0 saturated carbocycles. The van der Waals surface area contributed by atoms with Crippen molar-refractivity contribution in [2.75, 3.05) is 50.1 Å². The molecular weight excluding hydrogens is 388 g/mol. The second-order valence-electron chi connectivity index (χ2n) is 7.11. The van der Waals surface area contributed by atoms with E-state index in [1.54, 1.807) is 6.92 Å². The number of hydrogen-bond acceptors (Lipinski definition) is 6. The van der Waals surface area contributed by atoms with Crippen LogP contribution in [-0.2, 0) is 9.53 Å². The molecule has 0 bridgehead atoms. The Balaban J connectivity index is 1.58. The molecule has 3 rings (SSSR count). The molecule has 0 aliphatic carbocycles. The number of amides is 2. The minimum Gasteiger partial charge on any atom is -0.378 e. The summed E-state index contributed by atoms with van der Waals surface area (Å²) in [5.74, 6) is -0.817. The number of benzene rings is 2. The summed E-state index contributed by atoms with van der Waals surface area (Å²) < 4.78 is 5.35. The zero-order chi connectivity index (χ0) is 21.7. The largest absolute Gasteiger partial charge is 0.378 e. The van der Waals surface area contributed by atoms with Crippen LogP contribution in [0.4, 0.5) is 17.1 Å². The van der Waals surface area contributed by atoms with E-state index in [-0.39, 0.29) is 23.7 Å². The zero-order valence-corrected chi connectivity index (χ0v) is 17.0. The first-order valence-electron chi connectivity index (χ1n) is 9.58. The molecule has 2 amide bonds. The van der Waals surface area contributed by atoms with Gasteiger partial charge in [-0.2, -0.15) is 0 Å². The maximum atomic E-state index is 12.5. The number of nitro benzene ring substituents is 1. The molecule has 0 unspecified atom stereocenters. The van der Waals surface area contributed by atoms with Crippen LogP contribution in [0.15, 0.2) is 42.5 Å². The molecule has 2 aromatic rings. The fourth-order valence-corrected chi connectivity index (χ4v) is 3.22. The minimum atomic E-state index is -0.528. The summed E-state index contributed by atoms with van der Waals surface area (Å²) in [6.07, 6.45) is 0. The lowest BCUT2D eigenvalue weighted by atomic mass is 10.1. The minimum absolute atomic E-state index is 0.126. The number of carbonyl (C=O) groups excluding carboxylic acids is 2. The number of hydrogen-bond donors (Lipinski definition) is 1. The van der Waals surface area contributed by atoms with Gasteiger partial charge < -0.3 is 19.9 Å². The van der Waals surface area contributed by atoms with Gasteiger partial charge >= 0.3 is 0 Å². The van der Waals surface area contributed by atoms with Gasteiger partial charge in [0.2, 0.25) is 5.91 Å². The van der Waals surface area contributed by atoms with Crippen molar-refractivity contribution in [3.8, 4) is 0 Å². The van der Waals surface area contributed by atoms with Gasteiger partial charge in [0.25, 0.3) is 11.6 Å². The molecule has 0 spiro atoms. The molecule has 0 aromatic heterocycles. The molecule has 2 aromatic carbocycles. The van der Waals surface area contributed by atoms with Crippen molar-refractivity contribution in [3.63, 3.8) is 0 Å². The number of nitro groups is 1. The average Bonchev–Trinajstić information content (AvgIpc) is 2.74. The maximum absolute atomic E-state index is 12.5. The summed E-state index contributed by atoms with van der Waals surface area (Å²) >= 11 is 0. The Hall–Kier alpha value is -3.46. The highest BCUT2D eigenvalue weighted by Crippen LogP contribution is 2.21. The number of ether oxygens (including phenoxy) is 1. The molecule has 1 aliphatic rings. The smallest absolute Gasteiger partial charge is 0.273 e. The standard InChI is InChI=1S/C21H24N4O5/c1-15-3-4-16(13-19(15)25(28)29)21(27)23(2)14-20(26)22-17-5-7-18(8-6-17)24-9-11-30-12-10-24/h3-8,13H,9-12,14H2,1-2H3,(H,22,26). The summed E-state index contributed by atoms with van der Waals surface area (Å²) in [6, 6.07) is 11.8. The van der Waals surface area contributed by atoms with E-state index >= 15 is 0 Å². The van der Waals surface area contributed by atoms with E-state index in [4.69, 9.17) is 4.74 Å². The fraction of sp³-hybridized carbons (Fsp3) is 0.333. The number of aryl methyl sites for hydroxylation is 1. The van der Waals surface area contributed by atoms with E-state index < -0.39 is 10.8 Å². The fourth-order valence-electron chi connectivity index (χ4n) is 3.22. The molecule has 0 atom stereocenters. The van der Waals surface area contributed by atoms with Crippen molar-refractivity contribution >= 4 is 28.9 Å². The Kier molecular flexibility index (Phi) is 6.63. The van der Waals surface area contributed by atoms with Gasteiger partial charge in [-0.05, 0) is 37.3 Å². The Labute approximate surface area is 174 Å². The predicted molar refractivity (Wildman–Crippen MR) is 113 cm³/mol. The molecule has 30 heavy (non-hydrogen) atoms. The second-order valence-corrected chi connectivity index (χ2v) is 7.11. The lowest BCUT2D eigenvalue weighted by Crippen LogP contribution is -2.36. The molecule has 1 aliphatic heterocycles. The van der Waals surface area contributed by atoms with Gasteiger partial charge in [-0.1, -0.05) is 6.07 Å². The van der Waals surface area contributed by atoms with E-state index in [9.17, 15) is 19.7 Å².